The highest BCUT2D eigenvalue weighted by Gasteiger charge is 2.10. The van der Waals surface area contributed by atoms with Gasteiger partial charge in [-0.05, 0) is 44.2 Å². The summed E-state index contributed by atoms with van der Waals surface area (Å²) in [6.07, 6.45) is 0. The predicted molar refractivity (Wildman–Crippen MR) is 113 cm³/mol. The molecule has 0 fully saturated rings. The number of nitrogens with one attached hydrogen (secondary N) is 2. The first-order valence-electron chi connectivity index (χ1n) is 9.45. The van der Waals surface area contributed by atoms with Crippen molar-refractivity contribution >= 4 is 11.8 Å². The van der Waals surface area contributed by atoms with E-state index in [0.717, 1.165) is 22.4 Å². The van der Waals surface area contributed by atoms with Gasteiger partial charge in [-0.1, -0.05) is 53.6 Å². The van der Waals surface area contributed by atoms with Gasteiger partial charge >= 0.3 is 0 Å². The summed E-state index contributed by atoms with van der Waals surface area (Å²) < 4.78 is 5.90. The summed E-state index contributed by atoms with van der Waals surface area (Å²) in [4.78, 5) is 24.5. The van der Waals surface area contributed by atoms with E-state index >= 15 is 0 Å². The lowest BCUT2D eigenvalue weighted by Gasteiger charge is -2.12. The highest BCUT2D eigenvalue weighted by atomic mass is 16.5. The van der Waals surface area contributed by atoms with Gasteiger partial charge in [0.2, 0.25) is 5.91 Å². The summed E-state index contributed by atoms with van der Waals surface area (Å²) in [5, 5.41) is 5.48. The Morgan fingerprint density at radius 3 is 2.21 bits per heavy atom. The molecule has 0 heterocycles. The molecule has 0 radical (unpaired) electrons. The first kappa shape index (κ1) is 20.1. The van der Waals surface area contributed by atoms with Gasteiger partial charge in [-0.2, -0.15) is 0 Å². The number of para-hydroxylation sites is 2. The van der Waals surface area contributed by atoms with Gasteiger partial charge in [0.1, 0.15) is 11.5 Å². The minimum atomic E-state index is -0.266. The molecular formula is C24H24N2O3. The molecule has 148 valence electrons. The second kappa shape index (κ2) is 9.55. The Balaban J connectivity index is 1.54. The van der Waals surface area contributed by atoms with E-state index in [-0.39, 0.29) is 18.4 Å². The van der Waals surface area contributed by atoms with Crippen LogP contribution in [0.3, 0.4) is 0 Å². The highest BCUT2D eigenvalue weighted by molar-refractivity contribution is 5.96. The van der Waals surface area contributed by atoms with E-state index < -0.39 is 0 Å². The predicted octanol–water partition coefficient (Wildman–Crippen LogP) is 4.14. The molecule has 0 atom stereocenters. The van der Waals surface area contributed by atoms with Gasteiger partial charge in [-0.15, -0.1) is 0 Å². The van der Waals surface area contributed by atoms with Crippen LogP contribution in [0, 0.1) is 13.8 Å². The van der Waals surface area contributed by atoms with Crippen molar-refractivity contribution in [3.05, 3.63) is 95.1 Å². The van der Waals surface area contributed by atoms with Crippen LogP contribution in [0.1, 0.15) is 27.0 Å². The third kappa shape index (κ3) is 5.94. The maximum Gasteiger partial charge on any atom is 0.251 e. The second-order valence-corrected chi connectivity index (χ2v) is 6.86. The average molecular weight is 388 g/mol. The van der Waals surface area contributed by atoms with Crippen molar-refractivity contribution in [1.82, 2.24) is 10.6 Å². The largest absolute Gasteiger partial charge is 0.457 e. The van der Waals surface area contributed by atoms with E-state index in [0.29, 0.717) is 17.9 Å². The summed E-state index contributed by atoms with van der Waals surface area (Å²) in [6.45, 7) is 4.09. The Hall–Kier alpha value is -3.60. The fourth-order valence-corrected chi connectivity index (χ4v) is 2.99. The lowest BCUT2D eigenvalue weighted by molar-refractivity contribution is -0.120. The fraction of sp³-hybridized carbons (Fsp3) is 0.167. The van der Waals surface area contributed by atoms with Crippen molar-refractivity contribution in [1.29, 1.82) is 0 Å². The number of carbonyl (C=O) groups excluding carboxylic acids is 2. The van der Waals surface area contributed by atoms with Crippen molar-refractivity contribution in [3.63, 3.8) is 0 Å². The van der Waals surface area contributed by atoms with Crippen molar-refractivity contribution in [2.45, 2.75) is 20.4 Å². The van der Waals surface area contributed by atoms with E-state index in [2.05, 4.69) is 10.6 Å². The summed E-state index contributed by atoms with van der Waals surface area (Å²) in [5.74, 6) is 0.877. The summed E-state index contributed by atoms with van der Waals surface area (Å²) in [6, 6.07) is 22.6. The molecule has 0 saturated heterocycles. The molecule has 0 aromatic heterocycles. The number of ether oxygens (including phenoxy) is 1. The maximum absolute atomic E-state index is 12.3. The zero-order chi connectivity index (χ0) is 20.6. The van der Waals surface area contributed by atoms with Crippen LogP contribution in [0.15, 0.2) is 72.8 Å². The van der Waals surface area contributed by atoms with Crippen molar-refractivity contribution < 1.29 is 14.3 Å². The van der Waals surface area contributed by atoms with Gasteiger partial charge < -0.3 is 15.4 Å². The number of aryl methyl sites for hydroxylation is 2. The Morgan fingerprint density at radius 1 is 0.828 bits per heavy atom. The third-order valence-corrected chi connectivity index (χ3v) is 4.31. The molecule has 5 nitrogen and oxygen atoms in total. The van der Waals surface area contributed by atoms with E-state index in [1.54, 1.807) is 12.1 Å². The molecule has 0 aliphatic carbocycles. The minimum Gasteiger partial charge on any atom is -0.457 e. The molecule has 2 amide bonds. The first-order chi connectivity index (χ1) is 14.0. The minimum absolute atomic E-state index is 0.0897. The zero-order valence-corrected chi connectivity index (χ0v) is 16.6. The molecule has 0 bridgehead atoms. The summed E-state index contributed by atoms with van der Waals surface area (Å²) >= 11 is 0. The van der Waals surface area contributed by atoms with Gasteiger partial charge in [0, 0.05) is 17.7 Å². The molecule has 0 saturated carbocycles. The molecule has 3 aromatic rings. The SMILES string of the molecule is Cc1cc(C)cc(C(=O)NCC(=O)NCc2ccccc2Oc2ccccc2)c1. The summed E-state index contributed by atoms with van der Waals surface area (Å²) in [7, 11) is 0. The topological polar surface area (TPSA) is 67.4 Å². The van der Waals surface area contributed by atoms with Crippen LogP contribution in [0.2, 0.25) is 0 Å². The molecule has 3 aromatic carbocycles. The van der Waals surface area contributed by atoms with Gasteiger partial charge in [-0.3, -0.25) is 9.59 Å². The Morgan fingerprint density at radius 2 is 1.48 bits per heavy atom. The van der Waals surface area contributed by atoms with E-state index in [4.69, 9.17) is 4.74 Å². The Bertz CT molecular complexity index is 980. The van der Waals surface area contributed by atoms with Gasteiger partial charge in [0.25, 0.3) is 5.91 Å². The monoisotopic (exact) mass is 388 g/mol. The number of carbonyl (C=O) groups is 2. The van der Waals surface area contributed by atoms with Gasteiger partial charge in [0.05, 0.1) is 6.54 Å². The number of amides is 2. The Labute approximate surface area is 170 Å². The lowest BCUT2D eigenvalue weighted by Crippen LogP contribution is -2.36. The smallest absolute Gasteiger partial charge is 0.251 e. The van der Waals surface area contributed by atoms with Crippen LogP contribution in [0.25, 0.3) is 0 Å². The number of hydrogen-bond donors (Lipinski definition) is 2. The van der Waals surface area contributed by atoms with Crippen LogP contribution in [0.5, 0.6) is 11.5 Å². The van der Waals surface area contributed by atoms with E-state index in [1.165, 1.54) is 0 Å². The molecule has 5 heteroatoms. The van der Waals surface area contributed by atoms with Crippen LogP contribution in [-0.2, 0) is 11.3 Å². The molecule has 3 rings (SSSR count). The molecule has 0 aliphatic rings. The molecule has 0 aliphatic heterocycles. The molecule has 29 heavy (non-hydrogen) atoms. The van der Waals surface area contributed by atoms with E-state index in [1.807, 2.05) is 74.5 Å². The van der Waals surface area contributed by atoms with Crippen LogP contribution in [0.4, 0.5) is 0 Å². The number of rotatable bonds is 7. The van der Waals surface area contributed by atoms with Crippen LogP contribution in [-0.4, -0.2) is 18.4 Å². The number of hydrogen-bond acceptors (Lipinski definition) is 3. The number of benzene rings is 3. The van der Waals surface area contributed by atoms with Crippen molar-refractivity contribution in [3.8, 4) is 11.5 Å². The van der Waals surface area contributed by atoms with Crippen molar-refractivity contribution in [2.24, 2.45) is 0 Å². The molecule has 0 spiro atoms. The summed E-state index contributed by atoms with van der Waals surface area (Å²) in [5.41, 5.74) is 3.42. The molecular weight excluding hydrogens is 364 g/mol. The van der Waals surface area contributed by atoms with Crippen LogP contribution < -0.4 is 15.4 Å². The van der Waals surface area contributed by atoms with E-state index in [9.17, 15) is 9.59 Å². The van der Waals surface area contributed by atoms with Gasteiger partial charge in [0.15, 0.2) is 0 Å². The molecule has 2 N–H and O–H groups in total. The van der Waals surface area contributed by atoms with Gasteiger partial charge in [-0.25, -0.2) is 0 Å². The zero-order valence-electron chi connectivity index (χ0n) is 16.6. The second-order valence-electron chi connectivity index (χ2n) is 6.86. The normalized spacial score (nSPS) is 10.3. The Kier molecular flexibility index (Phi) is 6.63. The third-order valence-electron chi connectivity index (χ3n) is 4.31. The fourth-order valence-electron chi connectivity index (χ4n) is 2.99. The highest BCUT2D eigenvalue weighted by Crippen LogP contribution is 2.24. The average Bonchev–Trinajstić information content (AvgIpc) is 2.71. The maximum atomic E-state index is 12.3. The lowest BCUT2D eigenvalue weighted by atomic mass is 10.1. The first-order valence-corrected chi connectivity index (χ1v) is 9.45. The van der Waals surface area contributed by atoms with Crippen LogP contribution >= 0.6 is 0 Å². The van der Waals surface area contributed by atoms with Crippen molar-refractivity contribution in [2.75, 3.05) is 6.54 Å². The molecule has 0 unspecified atom stereocenters. The standard InChI is InChI=1S/C24H24N2O3/c1-17-12-18(2)14-20(13-17)24(28)26-16-23(27)25-15-19-8-6-7-11-22(19)29-21-9-4-3-5-10-21/h3-14H,15-16H2,1-2H3,(H,25,27)(H,26,28). The quantitative estimate of drug-likeness (QED) is 0.639.